The van der Waals surface area contributed by atoms with Crippen molar-refractivity contribution >= 4 is 29.1 Å². The van der Waals surface area contributed by atoms with Gasteiger partial charge in [-0.2, -0.15) is 0 Å². The Labute approximate surface area is 196 Å². The fraction of sp³-hybridized carbons (Fsp3) is 0.810. The zero-order chi connectivity index (χ0) is 23.5. The van der Waals surface area contributed by atoms with Gasteiger partial charge >= 0.3 is 29.1 Å². The molecule has 2 N–H and O–H groups in total. The molecule has 0 amide bonds. The molecule has 0 aromatic heterocycles. The van der Waals surface area contributed by atoms with Crippen molar-refractivity contribution < 1.29 is 46.9 Å². The Morgan fingerprint density at radius 2 is 1.00 bits per heavy atom. The molecule has 4 rings (SSSR count). The van der Waals surface area contributed by atoms with Crippen molar-refractivity contribution in [2.24, 2.45) is 5.41 Å². The van der Waals surface area contributed by atoms with Crippen LogP contribution in [0, 0.1) is 5.41 Å². The van der Waals surface area contributed by atoms with Crippen molar-refractivity contribution in [1.82, 2.24) is 0 Å². The highest BCUT2D eigenvalue weighted by Crippen LogP contribution is 2.48. The molecule has 2 saturated carbocycles. The number of carbonyl (C=O) groups excluding carboxylic acids is 2. The predicted molar refractivity (Wildman–Crippen MR) is 120 cm³/mol. The van der Waals surface area contributed by atoms with Crippen LogP contribution in [0.15, 0.2) is 12.2 Å². The summed E-state index contributed by atoms with van der Waals surface area (Å²) < 4.78 is 30.5. The number of esters is 2. The van der Waals surface area contributed by atoms with Crippen LogP contribution >= 0.6 is 17.2 Å². The number of hydrogen-bond donors (Lipinski definition) is 2. The van der Waals surface area contributed by atoms with E-state index < -0.39 is 29.1 Å². The maximum Gasteiger partial charge on any atom is 0.331 e. The lowest BCUT2D eigenvalue weighted by molar-refractivity contribution is -0.147. The Morgan fingerprint density at radius 1 is 0.667 bits per heavy atom. The highest BCUT2D eigenvalue weighted by atomic mass is 31.2. The molecule has 4 aliphatic rings. The van der Waals surface area contributed by atoms with Gasteiger partial charge in [0.1, 0.15) is 12.2 Å². The molecule has 188 valence electrons. The van der Waals surface area contributed by atoms with E-state index in [1.807, 2.05) is 0 Å². The lowest BCUT2D eigenvalue weighted by Crippen LogP contribution is -2.44. The summed E-state index contributed by atoms with van der Waals surface area (Å²) in [5.74, 6) is -0.866. The second-order valence-corrected chi connectivity index (χ2v) is 10.8. The average Bonchev–Trinajstić information content (AvgIpc) is 2.83. The molecule has 0 aromatic rings. The third-order valence-corrected chi connectivity index (χ3v) is 7.35. The highest BCUT2D eigenvalue weighted by Gasteiger charge is 2.42. The van der Waals surface area contributed by atoms with E-state index in [1.54, 1.807) is 0 Å². The highest BCUT2D eigenvalue weighted by molar-refractivity contribution is 7.40. The Bertz CT molecular complexity index is 575. The number of carbonyl (C=O) groups is 2. The lowest BCUT2D eigenvalue weighted by atomic mass is 9.93. The van der Waals surface area contributed by atoms with Crippen molar-refractivity contribution in [2.75, 3.05) is 26.4 Å². The molecular formula is C21H34O10P2. The van der Waals surface area contributed by atoms with Gasteiger partial charge in [0.2, 0.25) is 0 Å². The molecule has 4 fully saturated rings. The molecule has 0 aromatic carbocycles. The standard InChI is InChI=1S/C16H24O4.C5H10O6P2/c17-15(19-13-7-3-1-4-8-13)11-12-16(18)20-14-9-5-2-6-10-14;6-12-8-1-5(2-9-12)3-10-13(7)11-4-5/h11-14H,1-10H2;6-7H,1-4H2/b12-11-;. The summed E-state index contributed by atoms with van der Waals surface area (Å²) in [5, 5.41) is 0. The van der Waals surface area contributed by atoms with Crippen molar-refractivity contribution in [3.63, 3.8) is 0 Å². The smallest absolute Gasteiger partial charge is 0.331 e. The molecule has 2 aliphatic carbocycles. The Hall–Kier alpha value is -0.700. The minimum atomic E-state index is -1.72. The maximum absolute atomic E-state index is 11.6. The van der Waals surface area contributed by atoms with Gasteiger partial charge in [0.05, 0.1) is 31.8 Å². The normalized spacial score (nSPS) is 31.6. The molecule has 2 heterocycles. The summed E-state index contributed by atoms with van der Waals surface area (Å²) in [6.45, 7) is 1.38. The summed E-state index contributed by atoms with van der Waals surface area (Å²) >= 11 is 0. The van der Waals surface area contributed by atoms with Crippen LogP contribution in [0.5, 0.6) is 0 Å². The van der Waals surface area contributed by atoms with Crippen LogP contribution < -0.4 is 0 Å². The topological polar surface area (TPSA) is 130 Å². The largest absolute Gasteiger partial charge is 0.459 e. The quantitative estimate of drug-likeness (QED) is 0.329. The first kappa shape index (κ1) is 26.9. The molecule has 12 heteroatoms. The minimum Gasteiger partial charge on any atom is -0.459 e. The second-order valence-electron chi connectivity index (χ2n) is 8.80. The van der Waals surface area contributed by atoms with E-state index in [9.17, 15) is 9.59 Å². The first-order chi connectivity index (χ1) is 15.9. The average molecular weight is 508 g/mol. The van der Waals surface area contributed by atoms with Crippen molar-refractivity contribution in [3.05, 3.63) is 12.2 Å². The maximum atomic E-state index is 11.6. The van der Waals surface area contributed by atoms with Crippen molar-refractivity contribution in [1.29, 1.82) is 0 Å². The van der Waals surface area contributed by atoms with Gasteiger partial charge in [-0.1, -0.05) is 12.8 Å². The van der Waals surface area contributed by atoms with E-state index in [2.05, 4.69) is 0 Å². The molecule has 2 saturated heterocycles. The predicted octanol–water partition coefficient (Wildman–Crippen LogP) is 3.80. The molecule has 33 heavy (non-hydrogen) atoms. The Kier molecular flexibility index (Phi) is 11.4. The second kappa shape index (κ2) is 14.0. The summed E-state index contributed by atoms with van der Waals surface area (Å²) in [4.78, 5) is 41.1. The van der Waals surface area contributed by atoms with E-state index in [-0.39, 0.29) is 17.6 Å². The number of rotatable bonds is 4. The van der Waals surface area contributed by atoms with Crippen LogP contribution in [0.25, 0.3) is 0 Å². The molecular weight excluding hydrogens is 474 g/mol. The van der Waals surface area contributed by atoms with Gasteiger partial charge in [0.25, 0.3) is 0 Å². The van der Waals surface area contributed by atoms with E-state index in [1.165, 1.54) is 25.0 Å². The van der Waals surface area contributed by atoms with Gasteiger partial charge in [-0.15, -0.1) is 0 Å². The molecule has 0 unspecified atom stereocenters. The lowest BCUT2D eigenvalue weighted by Gasteiger charge is -2.39. The summed E-state index contributed by atoms with van der Waals surface area (Å²) in [7, 11) is -3.44. The van der Waals surface area contributed by atoms with Gasteiger partial charge in [-0.3, -0.25) is 0 Å². The first-order valence-electron chi connectivity index (χ1n) is 11.5. The van der Waals surface area contributed by atoms with E-state index in [0.29, 0.717) is 26.4 Å². The van der Waals surface area contributed by atoms with Crippen LogP contribution in [0.3, 0.4) is 0 Å². The number of hydrogen-bond acceptors (Lipinski definition) is 10. The van der Waals surface area contributed by atoms with Gasteiger partial charge in [-0.25, -0.2) is 9.59 Å². The van der Waals surface area contributed by atoms with Crippen LogP contribution in [0.4, 0.5) is 0 Å². The SMILES string of the molecule is O=C(/C=C\C(=O)OC1CCCCC1)OC1CCCCC1.OP1OCC2(CO1)COP(O)OC2. The fourth-order valence-electron chi connectivity index (χ4n) is 4.00. The van der Waals surface area contributed by atoms with Crippen LogP contribution in [-0.2, 0) is 37.2 Å². The summed E-state index contributed by atoms with van der Waals surface area (Å²) in [5.41, 5.74) is -0.358. The zero-order valence-electron chi connectivity index (χ0n) is 18.8. The van der Waals surface area contributed by atoms with Crippen LogP contribution in [0.2, 0.25) is 0 Å². The molecule has 0 radical (unpaired) electrons. The Balaban J connectivity index is 0.000000203. The van der Waals surface area contributed by atoms with Gasteiger partial charge in [0.15, 0.2) is 0 Å². The summed E-state index contributed by atoms with van der Waals surface area (Å²) in [6.07, 6.45) is 13.1. The minimum absolute atomic E-state index is 0.0234. The number of ether oxygens (including phenoxy) is 2. The molecule has 2 aliphatic heterocycles. The van der Waals surface area contributed by atoms with Crippen molar-refractivity contribution in [3.8, 4) is 0 Å². The van der Waals surface area contributed by atoms with Crippen LogP contribution in [0.1, 0.15) is 64.2 Å². The fourth-order valence-corrected chi connectivity index (χ4v) is 5.69. The van der Waals surface area contributed by atoms with Gasteiger partial charge in [0, 0.05) is 12.2 Å². The molecule has 1 spiro atoms. The molecule has 10 nitrogen and oxygen atoms in total. The monoisotopic (exact) mass is 508 g/mol. The van der Waals surface area contributed by atoms with E-state index >= 15 is 0 Å². The van der Waals surface area contributed by atoms with Crippen LogP contribution in [-0.4, -0.2) is 60.4 Å². The Morgan fingerprint density at radius 3 is 1.33 bits per heavy atom. The van der Waals surface area contributed by atoms with Gasteiger partial charge in [-0.05, 0) is 51.4 Å². The first-order valence-corrected chi connectivity index (χ1v) is 13.8. The molecule has 0 atom stereocenters. The zero-order valence-corrected chi connectivity index (χ0v) is 20.6. The van der Waals surface area contributed by atoms with Gasteiger partial charge < -0.3 is 37.4 Å². The molecule has 0 bridgehead atoms. The summed E-state index contributed by atoms with van der Waals surface area (Å²) in [6, 6.07) is 0. The third-order valence-electron chi connectivity index (χ3n) is 5.95. The van der Waals surface area contributed by atoms with Crippen molar-refractivity contribution in [2.45, 2.75) is 76.4 Å². The third kappa shape index (κ3) is 9.82. The van der Waals surface area contributed by atoms with E-state index in [4.69, 9.17) is 37.4 Å². The van der Waals surface area contributed by atoms with E-state index in [0.717, 1.165) is 51.4 Å².